The van der Waals surface area contributed by atoms with E-state index in [4.69, 9.17) is 9.47 Å². The molecule has 2 unspecified atom stereocenters. The van der Waals surface area contributed by atoms with Gasteiger partial charge in [-0.15, -0.1) is 0 Å². The summed E-state index contributed by atoms with van der Waals surface area (Å²) in [5, 5.41) is 2.59. The number of amides is 2. The van der Waals surface area contributed by atoms with Crippen LogP contribution in [0.5, 0.6) is 11.5 Å². The molecular weight excluding hydrogens is 381 g/mol. The summed E-state index contributed by atoms with van der Waals surface area (Å²) in [6.07, 6.45) is -4.43. The summed E-state index contributed by atoms with van der Waals surface area (Å²) in [6, 6.07) is 4.38. The molecule has 0 spiro atoms. The van der Waals surface area contributed by atoms with Crippen molar-refractivity contribution in [3.8, 4) is 11.5 Å². The highest BCUT2D eigenvalue weighted by Crippen LogP contribution is 2.36. The summed E-state index contributed by atoms with van der Waals surface area (Å²) in [5.74, 6) is -0.307. The molecule has 2 amide bonds. The Morgan fingerprint density at radius 3 is 2.64 bits per heavy atom. The van der Waals surface area contributed by atoms with Gasteiger partial charge in [0.15, 0.2) is 0 Å². The first kappa shape index (κ1) is 21.8. The van der Waals surface area contributed by atoms with Crippen LogP contribution in [0.4, 0.5) is 18.9 Å². The number of anilines is 1. The van der Waals surface area contributed by atoms with E-state index < -0.39 is 30.7 Å². The van der Waals surface area contributed by atoms with Crippen LogP contribution in [-0.4, -0.2) is 58.0 Å². The predicted molar refractivity (Wildman–Crippen MR) is 94.5 cm³/mol. The summed E-state index contributed by atoms with van der Waals surface area (Å²) in [4.78, 5) is 26.3. The van der Waals surface area contributed by atoms with Crippen LogP contribution in [-0.2, 0) is 14.3 Å². The second kappa shape index (κ2) is 9.13. The molecule has 0 bridgehead atoms. The van der Waals surface area contributed by atoms with E-state index in [1.165, 1.54) is 26.0 Å². The number of hydrogen-bond donors (Lipinski definition) is 1. The van der Waals surface area contributed by atoms with Gasteiger partial charge in [-0.05, 0) is 19.1 Å². The number of carbonyl (C=O) groups is 2. The summed E-state index contributed by atoms with van der Waals surface area (Å²) >= 11 is 0. The van der Waals surface area contributed by atoms with Gasteiger partial charge in [0.1, 0.15) is 18.1 Å². The maximum Gasteiger partial charge on any atom is 0.411 e. The summed E-state index contributed by atoms with van der Waals surface area (Å²) in [5.41, 5.74) is 0.490. The molecule has 7 nitrogen and oxygen atoms in total. The van der Waals surface area contributed by atoms with E-state index >= 15 is 0 Å². The van der Waals surface area contributed by atoms with Gasteiger partial charge in [-0.25, -0.2) is 0 Å². The number of alkyl halides is 3. The molecule has 0 saturated carbocycles. The van der Waals surface area contributed by atoms with E-state index in [0.717, 1.165) is 0 Å². The second-order valence-electron chi connectivity index (χ2n) is 6.48. The van der Waals surface area contributed by atoms with Gasteiger partial charge in [0.2, 0.25) is 11.8 Å². The van der Waals surface area contributed by atoms with Crippen molar-refractivity contribution in [3.63, 3.8) is 0 Å². The highest BCUT2D eigenvalue weighted by atomic mass is 19.4. The Bertz CT molecular complexity index is 711. The standard InChI is InChI=1S/C18H23F3N2O5/c1-11(9-28-10-18(19,20)21)22-17(25)12-6-16(24)23(8-12)14-7-13(26-2)4-5-15(14)27-3/h4-5,7,11-12H,6,8-10H2,1-3H3,(H,22,25). The molecule has 10 heteroatoms. The van der Waals surface area contributed by atoms with Crippen molar-refractivity contribution in [2.75, 3.05) is 38.9 Å². The van der Waals surface area contributed by atoms with Gasteiger partial charge >= 0.3 is 6.18 Å². The van der Waals surface area contributed by atoms with Crippen LogP contribution < -0.4 is 19.7 Å². The number of halogens is 3. The van der Waals surface area contributed by atoms with E-state index in [1.54, 1.807) is 18.2 Å². The number of rotatable bonds is 8. The van der Waals surface area contributed by atoms with Gasteiger partial charge in [-0.3, -0.25) is 9.59 Å². The topological polar surface area (TPSA) is 77.1 Å². The fourth-order valence-electron chi connectivity index (χ4n) is 2.88. The first-order chi connectivity index (χ1) is 13.1. The molecule has 1 N–H and O–H groups in total. The molecule has 156 valence electrons. The van der Waals surface area contributed by atoms with Crippen molar-refractivity contribution in [2.24, 2.45) is 5.92 Å². The lowest BCUT2D eigenvalue weighted by molar-refractivity contribution is -0.175. The van der Waals surface area contributed by atoms with Crippen LogP contribution in [0, 0.1) is 5.92 Å². The number of ether oxygens (including phenoxy) is 3. The first-order valence-corrected chi connectivity index (χ1v) is 8.62. The fourth-order valence-corrected chi connectivity index (χ4v) is 2.88. The van der Waals surface area contributed by atoms with E-state index in [-0.39, 0.29) is 25.5 Å². The minimum atomic E-state index is -4.42. The Morgan fingerprint density at radius 2 is 2.04 bits per heavy atom. The highest BCUT2D eigenvalue weighted by Gasteiger charge is 2.37. The third kappa shape index (κ3) is 5.75. The zero-order valence-corrected chi connectivity index (χ0v) is 15.8. The average molecular weight is 404 g/mol. The summed E-state index contributed by atoms with van der Waals surface area (Å²) in [6.45, 7) is 0.0100. The molecule has 0 aromatic heterocycles. The SMILES string of the molecule is COc1ccc(OC)c(N2CC(C(=O)NC(C)COCC(F)(F)F)CC2=O)c1. The lowest BCUT2D eigenvalue weighted by atomic mass is 10.1. The van der Waals surface area contributed by atoms with Crippen molar-refractivity contribution in [3.05, 3.63) is 18.2 Å². The Hall–Kier alpha value is -2.49. The molecule has 0 radical (unpaired) electrons. The Kier molecular flexibility index (Phi) is 7.11. The van der Waals surface area contributed by atoms with Gasteiger partial charge in [-0.2, -0.15) is 13.2 Å². The van der Waals surface area contributed by atoms with Gasteiger partial charge in [-0.1, -0.05) is 0 Å². The van der Waals surface area contributed by atoms with E-state index in [0.29, 0.717) is 17.2 Å². The maximum absolute atomic E-state index is 12.4. The average Bonchev–Trinajstić information content (AvgIpc) is 3.01. The third-order valence-electron chi connectivity index (χ3n) is 4.19. The molecule has 1 aromatic carbocycles. The number of nitrogens with one attached hydrogen (secondary N) is 1. The molecule has 1 heterocycles. The van der Waals surface area contributed by atoms with Crippen LogP contribution >= 0.6 is 0 Å². The number of nitrogens with zero attached hydrogens (tertiary/aromatic N) is 1. The van der Waals surface area contributed by atoms with E-state index in [9.17, 15) is 22.8 Å². The molecule has 2 atom stereocenters. The third-order valence-corrected chi connectivity index (χ3v) is 4.19. The quantitative estimate of drug-likeness (QED) is 0.719. The van der Waals surface area contributed by atoms with Crippen LogP contribution in [0.2, 0.25) is 0 Å². The Balaban J connectivity index is 1.97. The number of methoxy groups -OCH3 is 2. The minimum Gasteiger partial charge on any atom is -0.497 e. The predicted octanol–water partition coefficient (Wildman–Crippen LogP) is 2.14. The van der Waals surface area contributed by atoms with Crippen molar-refractivity contribution >= 4 is 17.5 Å². The summed E-state index contributed by atoms with van der Waals surface area (Å²) < 4.78 is 51.3. The largest absolute Gasteiger partial charge is 0.497 e. The lowest BCUT2D eigenvalue weighted by Gasteiger charge is -2.21. The zero-order valence-electron chi connectivity index (χ0n) is 15.8. The van der Waals surface area contributed by atoms with Crippen LogP contribution in [0.3, 0.4) is 0 Å². The van der Waals surface area contributed by atoms with Crippen molar-refractivity contribution in [2.45, 2.75) is 25.6 Å². The zero-order chi connectivity index (χ0) is 20.9. The van der Waals surface area contributed by atoms with Crippen LogP contribution in [0.1, 0.15) is 13.3 Å². The molecule has 1 aromatic rings. The smallest absolute Gasteiger partial charge is 0.411 e. The molecule has 1 saturated heterocycles. The van der Waals surface area contributed by atoms with Gasteiger partial charge < -0.3 is 24.4 Å². The lowest BCUT2D eigenvalue weighted by Crippen LogP contribution is -2.41. The molecule has 0 aliphatic carbocycles. The molecule has 1 aliphatic heterocycles. The molecule has 28 heavy (non-hydrogen) atoms. The first-order valence-electron chi connectivity index (χ1n) is 8.62. The Morgan fingerprint density at radius 1 is 1.32 bits per heavy atom. The normalized spacial score (nSPS) is 18.1. The number of benzene rings is 1. The minimum absolute atomic E-state index is 0.0116. The Labute approximate surface area is 160 Å². The van der Waals surface area contributed by atoms with Crippen molar-refractivity contribution in [1.29, 1.82) is 0 Å². The summed E-state index contributed by atoms with van der Waals surface area (Å²) in [7, 11) is 2.97. The van der Waals surface area contributed by atoms with E-state index in [2.05, 4.69) is 10.1 Å². The molecular formula is C18H23F3N2O5. The monoisotopic (exact) mass is 404 g/mol. The number of carbonyl (C=O) groups excluding carboxylic acids is 2. The highest BCUT2D eigenvalue weighted by molar-refractivity contribution is 6.01. The maximum atomic E-state index is 12.4. The fraction of sp³-hybridized carbons (Fsp3) is 0.556. The second-order valence-corrected chi connectivity index (χ2v) is 6.48. The number of hydrogen-bond acceptors (Lipinski definition) is 5. The van der Waals surface area contributed by atoms with Gasteiger partial charge in [0, 0.05) is 25.1 Å². The van der Waals surface area contributed by atoms with Crippen LogP contribution in [0.15, 0.2) is 18.2 Å². The molecule has 1 fully saturated rings. The van der Waals surface area contributed by atoms with Gasteiger partial charge in [0.05, 0.1) is 32.4 Å². The molecule has 1 aliphatic rings. The van der Waals surface area contributed by atoms with Gasteiger partial charge in [0.25, 0.3) is 0 Å². The molecule has 2 rings (SSSR count). The van der Waals surface area contributed by atoms with Crippen molar-refractivity contribution in [1.82, 2.24) is 5.32 Å². The van der Waals surface area contributed by atoms with E-state index in [1.807, 2.05) is 0 Å². The van der Waals surface area contributed by atoms with Crippen molar-refractivity contribution < 1.29 is 37.0 Å². The van der Waals surface area contributed by atoms with Crippen LogP contribution in [0.25, 0.3) is 0 Å².